The Labute approximate surface area is 119 Å². The smallest absolute Gasteiger partial charge is 0.257 e. The Bertz CT molecular complexity index is 577. The highest BCUT2D eigenvalue weighted by atomic mass is 16.5. The molecule has 0 amide bonds. The van der Waals surface area contributed by atoms with Gasteiger partial charge in [0.1, 0.15) is 0 Å². The highest BCUT2D eigenvalue weighted by Gasteiger charge is 2.21. The van der Waals surface area contributed by atoms with Gasteiger partial charge >= 0.3 is 0 Å². The quantitative estimate of drug-likeness (QED) is 0.927. The monoisotopic (exact) mass is 271 g/mol. The summed E-state index contributed by atoms with van der Waals surface area (Å²) in [4.78, 5) is 4.43. The lowest BCUT2D eigenvalue weighted by Crippen LogP contribution is -2.16. The highest BCUT2D eigenvalue weighted by Crippen LogP contribution is 2.25. The minimum Gasteiger partial charge on any atom is -0.334 e. The van der Waals surface area contributed by atoms with E-state index in [0.717, 1.165) is 11.4 Å². The standard InChI is InChI=1S/C16H21N3O/c1-16(2,3)12-6-4-11(5-7-12)15-18-14(19-20-15)10-17-13-8-9-13/h4-7,13,17H,8-10H2,1-3H3. The molecule has 1 aliphatic rings. The van der Waals surface area contributed by atoms with E-state index < -0.39 is 0 Å². The van der Waals surface area contributed by atoms with Crippen molar-refractivity contribution in [2.24, 2.45) is 0 Å². The summed E-state index contributed by atoms with van der Waals surface area (Å²) in [6.45, 7) is 7.30. The Kier molecular flexibility index (Phi) is 3.34. The van der Waals surface area contributed by atoms with Gasteiger partial charge in [-0.25, -0.2) is 0 Å². The molecule has 2 aromatic rings. The van der Waals surface area contributed by atoms with Crippen molar-refractivity contribution in [3.8, 4) is 11.5 Å². The summed E-state index contributed by atoms with van der Waals surface area (Å²) >= 11 is 0. The second-order valence-corrected chi connectivity index (χ2v) is 6.50. The van der Waals surface area contributed by atoms with Crippen LogP contribution < -0.4 is 5.32 Å². The van der Waals surface area contributed by atoms with E-state index in [0.29, 0.717) is 18.5 Å². The first-order chi connectivity index (χ1) is 9.52. The fourth-order valence-electron chi connectivity index (χ4n) is 2.08. The molecule has 1 fully saturated rings. The van der Waals surface area contributed by atoms with Crippen LogP contribution in [0.4, 0.5) is 0 Å². The minimum atomic E-state index is 0.159. The zero-order valence-electron chi connectivity index (χ0n) is 12.3. The topological polar surface area (TPSA) is 51.0 Å². The lowest BCUT2D eigenvalue weighted by Gasteiger charge is -2.18. The number of aromatic nitrogens is 2. The molecule has 0 spiro atoms. The third-order valence-corrected chi connectivity index (χ3v) is 3.59. The zero-order valence-corrected chi connectivity index (χ0v) is 12.3. The summed E-state index contributed by atoms with van der Waals surface area (Å²) in [6.07, 6.45) is 2.53. The van der Waals surface area contributed by atoms with Gasteiger partial charge in [0.25, 0.3) is 5.89 Å². The number of hydrogen-bond donors (Lipinski definition) is 1. The molecule has 20 heavy (non-hydrogen) atoms. The van der Waals surface area contributed by atoms with Gasteiger partial charge in [-0.2, -0.15) is 4.98 Å². The predicted octanol–water partition coefficient (Wildman–Crippen LogP) is 3.29. The van der Waals surface area contributed by atoms with Gasteiger partial charge in [-0.1, -0.05) is 38.1 Å². The first-order valence-electron chi connectivity index (χ1n) is 7.19. The second-order valence-electron chi connectivity index (χ2n) is 6.50. The van der Waals surface area contributed by atoms with Crippen LogP contribution in [0.15, 0.2) is 28.8 Å². The lowest BCUT2D eigenvalue weighted by atomic mass is 9.87. The fraction of sp³-hybridized carbons (Fsp3) is 0.500. The van der Waals surface area contributed by atoms with Gasteiger partial charge in [-0.05, 0) is 36.0 Å². The number of rotatable bonds is 4. The Morgan fingerprint density at radius 2 is 1.90 bits per heavy atom. The molecular weight excluding hydrogens is 250 g/mol. The van der Waals surface area contributed by atoms with Gasteiger partial charge < -0.3 is 9.84 Å². The maximum atomic E-state index is 5.33. The molecule has 1 heterocycles. The van der Waals surface area contributed by atoms with Crippen LogP contribution in [0.3, 0.4) is 0 Å². The molecule has 1 aromatic carbocycles. The minimum absolute atomic E-state index is 0.159. The molecule has 1 N–H and O–H groups in total. The first-order valence-corrected chi connectivity index (χ1v) is 7.19. The van der Waals surface area contributed by atoms with Crippen LogP contribution in [0.1, 0.15) is 45.0 Å². The molecule has 4 nitrogen and oxygen atoms in total. The van der Waals surface area contributed by atoms with Crippen LogP contribution in [0.2, 0.25) is 0 Å². The van der Waals surface area contributed by atoms with Crippen molar-refractivity contribution in [3.05, 3.63) is 35.7 Å². The van der Waals surface area contributed by atoms with Crippen molar-refractivity contribution in [1.29, 1.82) is 0 Å². The zero-order chi connectivity index (χ0) is 14.2. The molecule has 1 aromatic heterocycles. The van der Waals surface area contributed by atoms with Gasteiger partial charge in [-0.15, -0.1) is 0 Å². The number of hydrogen-bond acceptors (Lipinski definition) is 4. The van der Waals surface area contributed by atoms with Gasteiger partial charge in [0, 0.05) is 11.6 Å². The van der Waals surface area contributed by atoms with Crippen molar-refractivity contribution in [3.63, 3.8) is 0 Å². The Hall–Kier alpha value is -1.68. The van der Waals surface area contributed by atoms with E-state index in [-0.39, 0.29) is 5.41 Å². The molecule has 3 rings (SSSR count). The predicted molar refractivity (Wildman–Crippen MR) is 78.3 cm³/mol. The summed E-state index contributed by atoms with van der Waals surface area (Å²) in [6, 6.07) is 9.00. The molecule has 0 saturated heterocycles. The van der Waals surface area contributed by atoms with Crippen LogP contribution >= 0.6 is 0 Å². The number of nitrogens with one attached hydrogen (secondary N) is 1. The first kappa shape index (κ1) is 13.3. The van der Waals surface area contributed by atoms with Crippen molar-refractivity contribution < 1.29 is 4.52 Å². The maximum Gasteiger partial charge on any atom is 0.257 e. The Morgan fingerprint density at radius 3 is 2.50 bits per heavy atom. The van der Waals surface area contributed by atoms with E-state index in [9.17, 15) is 0 Å². The van der Waals surface area contributed by atoms with E-state index in [4.69, 9.17) is 4.52 Å². The third kappa shape index (κ3) is 3.07. The van der Waals surface area contributed by atoms with Gasteiger partial charge in [0.2, 0.25) is 0 Å². The third-order valence-electron chi connectivity index (χ3n) is 3.59. The molecule has 1 saturated carbocycles. The van der Waals surface area contributed by atoms with Crippen molar-refractivity contribution in [1.82, 2.24) is 15.5 Å². The normalized spacial score (nSPS) is 15.6. The van der Waals surface area contributed by atoms with Gasteiger partial charge in [-0.3, -0.25) is 0 Å². The molecule has 0 unspecified atom stereocenters. The van der Waals surface area contributed by atoms with E-state index in [1.807, 2.05) is 12.1 Å². The fourth-order valence-corrected chi connectivity index (χ4v) is 2.08. The molecule has 0 radical (unpaired) electrons. The number of nitrogens with zero attached hydrogens (tertiary/aromatic N) is 2. The molecule has 0 aliphatic heterocycles. The van der Waals surface area contributed by atoms with E-state index in [1.54, 1.807) is 0 Å². The summed E-state index contributed by atoms with van der Waals surface area (Å²) in [7, 11) is 0. The summed E-state index contributed by atoms with van der Waals surface area (Å²) in [5.41, 5.74) is 2.44. The average molecular weight is 271 g/mol. The van der Waals surface area contributed by atoms with Crippen LogP contribution in [0.25, 0.3) is 11.5 Å². The second kappa shape index (κ2) is 5.02. The van der Waals surface area contributed by atoms with Crippen molar-refractivity contribution in [2.75, 3.05) is 0 Å². The summed E-state index contributed by atoms with van der Waals surface area (Å²) < 4.78 is 5.33. The SMILES string of the molecule is CC(C)(C)c1ccc(-c2nc(CNC3CC3)no2)cc1. The summed E-state index contributed by atoms with van der Waals surface area (Å²) in [5.74, 6) is 1.32. The van der Waals surface area contributed by atoms with Crippen LogP contribution in [0, 0.1) is 0 Å². The van der Waals surface area contributed by atoms with Crippen LogP contribution in [0.5, 0.6) is 0 Å². The molecular formula is C16H21N3O. The molecule has 1 aliphatic carbocycles. The lowest BCUT2D eigenvalue weighted by molar-refractivity contribution is 0.419. The van der Waals surface area contributed by atoms with E-state index in [2.05, 4.69) is 48.4 Å². The van der Waals surface area contributed by atoms with Crippen LogP contribution in [-0.2, 0) is 12.0 Å². The Balaban J connectivity index is 1.71. The molecule has 4 heteroatoms. The molecule has 0 bridgehead atoms. The average Bonchev–Trinajstić information content (AvgIpc) is 3.13. The summed E-state index contributed by atoms with van der Waals surface area (Å²) in [5, 5.41) is 7.40. The number of benzene rings is 1. The van der Waals surface area contributed by atoms with Gasteiger partial charge in [0.15, 0.2) is 5.82 Å². The maximum absolute atomic E-state index is 5.33. The van der Waals surface area contributed by atoms with Gasteiger partial charge in [0.05, 0.1) is 6.54 Å². The van der Waals surface area contributed by atoms with E-state index >= 15 is 0 Å². The Morgan fingerprint density at radius 1 is 1.20 bits per heavy atom. The van der Waals surface area contributed by atoms with E-state index in [1.165, 1.54) is 18.4 Å². The van der Waals surface area contributed by atoms with Crippen molar-refractivity contribution >= 4 is 0 Å². The largest absolute Gasteiger partial charge is 0.334 e. The van der Waals surface area contributed by atoms with Crippen molar-refractivity contribution in [2.45, 2.75) is 51.6 Å². The molecule has 0 atom stereocenters. The highest BCUT2D eigenvalue weighted by molar-refractivity contribution is 5.53. The molecule has 106 valence electrons. The van der Waals surface area contributed by atoms with Crippen LogP contribution in [-0.4, -0.2) is 16.2 Å².